The van der Waals surface area contributed by atoms with Gasteiger partial charge in [0.15, 0.2) is 0 Å². The first-order valence-corrected chi connectivity index (χ1v) is 6.45. The molecule has 0 bridgehead atoms. The second kappa shape index (κ2) is 4.19. The van der Waals surface area contributed by atoms with Crippen LogP contribution < -0.4 is 0 Å². The molecule has 0 saturated heterocycles. The minimum Gasteiger partial charge on any atom is -0.334 e. The molecule has 3 rings (SSSR count). The molecule has 1 atom stereocenters. The van der Waals surface area contributed by atoms with Crippen LogP contribution >= 0.6 is 11.6 Å². The Balaban J connectivity index is 2.05. The molecule has 2 nitrogen and oxygen atoms in total. The van der Waals surface area contributed by atoms with Crippen LogP contribution in [-0.4, -0.2) is 9.55 Å². The van der Waals surface area contributed by atoms with E-state index in [2.05, 4.69) is 23.8 Å². The Morgan fingerprint density at radius 1 is 1.41 bits per heavy atom. The molecule has 0 saturated carbocycles. The van der Waals surface area contributed by atoms with Gasteiger partial charge in [-0.2, -0.15) is 0 Å². The van der Waals surface area contributed by atoms with E-state index in [0.29, 0.717) is 5.92 Å². The molecule has 1 aliphatic rings. The summed E-state index contributed by atoms with van der Waals surface area (Å²) in [4.78, 5) is 4.75. The van der Waals surface area contributed by atoms with E-state index < -0.39 is 0 Å². The van der Waals surface area contributed by atoms with Crippen molar-refractivity contribution in [3.8, 4) is 11.3 Å². The number of fused-ring (bicyclic) bond motifs is 1. The summed E-state index contributed by atoms with van der Waals surface area (Å²) in [5.74, 6) is 1.78. The van der Waals surface area contributed by atoms with Gasteiger partial charge in [0.1, 0.15) is 5.82 Å². The van der Waals surface area contributed by atoms with Gasteiger partial charge in [-0.05, 0) is 25.0 Å². The highest BCUT2D eigenvalue weighted by molar-refractivity contribution is 6.30. The molecule has 0 spiro atoms. The highest BCUT2D eigenvalue weighted by Gasteiger charge is 2.19. The van der Waals surface area contributed by atoms with Crippen molar-refractivity contribution in [2.75, 3.05) is 0 Å². The number of imidazole rings is 1. The minimum absolute atomic E-state index is 0.566. The third-order valence-corrected chi connectivity index (χ3v) is 3.64. The van der Waals surface area contributed by atoms with Crippen LogP contribution in [0.1, 0.15) is 31.5 Å². The molecule has 2 heterocycles. The average Bonchev–Trinajstić information content (AvgIpc) is 2.74. The summed E-state index contributed by atoms with van der Waals surface area (Å²) in [7, 11) is 0. The maximum absolute atomic E-state index is 6.02. The van der Waals surface area contributed by atoms with Crippen molar-refractivity contribution in [2.45, 2.75) is 32.2 Å². The zero-order valence-electron chi connectivity index (χ0n) is 9.86. The average molecular weight is 247 g/mol. The maximum Gasteiger partial charge on any atom is 0.112 e. The molecule has 1 aromatic carbocycles. The molecule has 1 aliphatic heterocycles. The van der Waals surface area contributed by atoms with Crippen molar-refractivity contribution in [3.05, 3.63) is 41.3 Å². The van der Waals surface area contributed by atoms with Gasteiger partial charge in [-0.25, -0.2) is 4.98 Å². The normalized spacial score (nSPS) is 19.1. The van der Waals surface area contributed by atoms with Crippen LogP contribution in [0, 0.1) is 0 Å². The number of nitrogens with zero attached hydrogens (tertiary/aromatic N) is 2. The van der Waals surface area contributed by atoms with Gasteiger partial charge in [0, 0.05) is 29.2 Å². The van der Waals surface area contributed by atoms with Crippen LogP contribution in [-0.2, 0) is 6.54 Å². The number of rotatable bonds is 1. The van der Waals surface area contributed by atoms with Gasteiger partial charge in [0.05, 0.1) is 5.69 Å². The first kappa shape index (κ1) is 10.8. The van der Waals surface area contributed by atoms with Crippen molar-refractivity contribution in [3.63, 3.8) is 0 Å². The fourth-order valence-electron chi connectivity index (χ4n) is 2.49. The standard InChI is InChI=1S/C14H15ClN2/c1-10-4-3-7-17-9-13(16-14(10)17)11-5-2-6-12(15)8-11/h2,5-6,8-10H,3-4,7H2,1H3/t10-/m1/s1. The van der Waals surface area contributed by atoms with Crippen molar-refractivity contribution < 1.29 is 0 Å². The zero-order chi connectivity index (χ0) is 11.8. The Labute approximate surface area is 106 Å². The van der Waals surface area contributed by atoms with E-state index in [1.54, 1.807) is 0 Å². The van der Waals surface area contributed by atoms with Gasteiger partial charge in [0.25, 0.3) is 0 Å². The van der Waals surface area contributed by atoms with Crippen molar-refractivity contribution >= 4 is 11.6 Å². The molecule has 1 aromatic heterocycles. The summed E-state index contributed by atoms with van der Waals surface area (Å²) in [6.45, 7) is 3.34. The first-order chi connectivity index (χ1) is 8.24. The number of aryl methyl sites for hydroxylation is 1. The third-order valence-electron chi connectivity index (χ3n) is 3.40. The lowest BCUT2D eigenvalue weighted by molar-refractivity contribution is 0.463. The second-order valence-corrected chi connectivity index (χ2v) is 5.17. The lowest BCUT2D eigenvalue weighted by atomic mass is 10.0. The van der Waals surface area contributed by atoms with E-state index in [1.165, 1.54) is 18.7 Å². The topological polar surface area (TPSA) is 17.8 Å². The molecule has 88 valence electrons. The fraction of sp³-hybridized carbons (Fsp3) is 0.357. The summed E-state index contributed by atoms with van der Waals surface area (Å²) in [5.41, 5.74) is 2.14. The molecule has 0 aliphatic carbocycles. The zero-order valence-corrected chi connectivity index (χ0v) is 10.6. The van der Waals surface area contributed by atoms with Gasteiger partial charge in [-0.15, -0.1) is 0 Å². The minimum atomic E-state index is 0.566. The highest BCUT2D eigenvalue weighted by Crippen LogP contribution is 2.29. The molecule has 17 heavy (non-hydrogen) atoms. The van der Waals surface area contributed by atoms with E-state index in [1.807, 2.05) is 18.2 Å². The van der Waals surface area contributed by atoms with E-state index in [0.717, 1.165) is 22.8 Å². The number of benzene rings is 1. The summed E-state index contributed by atoms with van der Waals surface area (Å²) in [6.07, 6.45) is 4.64. The Hall–Kier alpha value is -1.28. The summed E-state index contributed by atoms with van der Waals surface area (Å²) in [5, 5.41) is 0.765. The summed E-state index contributed by atoms with van der Waals surface area (Å²) >= 11 is 6.02. The Kier molecular flexibility index (Phi) is 2.67. The van der Waals surface area contributed by atoms with Crippen molar-refractivity contribution in [2.24, 2.45) is 0 Å². The van der Waals surface area contributed by atoms with E-state index in [-0.39, 0.29) is 0 Å². The lowest BCUT2D eigenvalue weighted by Crippen LogP contribution is -2.12. The second-order valence-electron chi connectivity index (χ2n) is 4.73. The molecule has 0 amide bonds. The van der Waals surface area contributed by atoms with Crippen LogP contribution in [0.25, 0.3) is 11.3 Å². The molecule has 0 unspecified atom stereocenters. The monoisotopic (exact) mass is 246 g/mol. The van der Waals surface area contributed by atoms with Gasteiger partial charge >= 0.3 is 0 Å². The van der Waals surface area contributed by atoms with Crippen molar-refractivity contribution in [1.29, 1.82) is 0 Å². The maximum atomic E-state index is 6.02. The van der Waals surface area contributed by atoms with E-state index >= 15 is 0 Å². The van der Waals surface area contributed by atoms with Gasteiger partial charge < -0.3 is 4.57 Å². The lowest BCUT2D eigenvalue weighted by Gasteiger charge is -2.19. The largest absolute Gasteiger partial charge is 0.334 e. The molecular weight excluding hydrogens is 232 g/mol. The molecule has 0 N–H and O–H groups in total. The fourth-order valence-corrected chi connectivity index (χ4v) is 2.68. The Morgan fingerprint density at radius 3 is 3.06 bits per heavy atom. The van der Waals surface area contributed by atoms with Crippen LogP contribution in [0.3, 0.4) is 0 Å². The van der Waals surface area contributed by atoms with E-state index in [9.17, 15) is 0 Å². The van der Waals surface area contributed by atoms with Crippen LogP contribution in [0.5, 0.6) is 0 Å². The predicted molar refractivity (Wildman–Crippen MR) is 70.3 cm³/mol. The molecule has 3 heteroatoms. The van der Waals surface area contributed by atoms with Crippen LogP contribution in [0.15, 0.2) is 30.5 Å². The predicted octanol–water partition coefficient (Wildman–Crippen LogP) is 4.10. The third kappa shape index (κ3) is 1.98. The smallest absolute Gasteiger partial charge is 0.112 e. The Bertz CT molecular complexity index is 545. The number of hydrogen-bond donors (Lipinski definition) is 0. The molecule has 0 radical (unpaired) electrons. The van der Waals surface area contributed by atoms with Gasteiger partial charge in [-0.3, -0.25) is 0 Å². The van der Waals surface area contributed by atoms with Crippen LogP contribution in [0.2, 0.25) is 5.02 Å². The number of aromatic nitrogens is 2. The number of halogens is 1. The highest BCUT2D eigenvalue weighted by atomic mass is 35.5. The SMILES string of the molecule is C[C@@H]1CCCn2cc(-c3cccc(Cl)c3)nc21. The molecule has 0 fully saturated rings. The molecular formula is C14H15ClN2. The first-order valence-electron chi connectivity index (χ1n) is 6.07. The Morgan fingerprint density at radius 2 is 2.29 bits per heavy atom. The summed E-state index contributed by atoms with van der Waals surface area (Å²) in [6, 6.07) is 7.90. The quantitative estimate of drug-likeness (QED) is 0.741. The van der Waals surface area contributed by atoms with Crippen molar-refractivity contribution in [1.82, 2.24) is 9.55 Å². The van der Waals surface area contributed by atoms with Crippen LogP contribution in [0.4, 0.5) is 0 Å². The number of hydrogen-bond acceptors (Lipinski definition) is 1. The van der Waals surface area contributed by atoms with Gasteiger partial charge in [-0.1, -0.05) is 30.7 Å². The van der Waals surface area contributed by atoms with Gasteiger partial charge in [0.2, 0.25) is 0 Å². The molecule has 2 aromatic rings. The van der Waals surface area contributed by atoms with E-state index in [4.69, 9.17) is 16.6 Å². The summed E-state index contributed by atoms with van der Waals surface area (Å²) < 4.78 is 2.28.